The molecule has 0 amide bonds. The minimum Gasteiger partial charge on any atom is -0.298 e. The summed E-state index contributed by atoms with van der Waals surface area (Å²) in [4.78, 5) is 20.5. The number of hydrogen-bond acceptors (Lipinski definition) is 3. The first-order valence-corrected chi connectivity index (χ1v) is 20.7. The van der Waals surface area contributed by atoms with Crippen molar-refractivity contribution in [3.05, 3.63) is 132 Å². The van der Waals surface area contributed by atoms with Gasteiger partial charge < -0.3 is 0 Å². The van der Waals surface area contributed by atoms with Crippen molar-refractivity contribution >= 4 is 24.3 Å². The Kier molecular flexibility index (Phi) is 40.1. The number of carbonyl (C=O) groups is 2. The Balaban J connectivity index is -0.000000564. The van der Waals surface area contributed by atoms with E-state index in [1.807, 2.05) is 51.6 Å². The lowest BCUT2D eigenvalue weighted by Crippen LogP contribution is -2.07. The maximum atomic E-state index is 10.2. The first-order chi connectivity index (χ1) is 24.8. The van der Waals surface area contributed by atoms with Gasteiger partial charge in [-0.1, -0.05) is 230 Å². The number of benzene rings is 4. The van der Waals surface area contributed by atoms with Crippen molar-refractivity contribution in [1.29, 1.82) is 0 Å². The van der Waals surface area contributed by atoms with Gasteiger partial charge in [-0.2, -0.15) is 11.8 Å². The molecule has 0 aliphatic carbocycles. The number of hydrogen-bond donors (Lipinski definition) is 0. The van der Waals surface area contributed by atoms with E-state index >= 15 is 0 Å². The van der Waals surface area contributed by atoms with Crippen molar-refractivity contribution in [3.63, 3.8) is 0 Å². The van der Waals surface area contributed by atoms with Gasteiger partial charge in [0.25, 0.3) is 0 Å². The van der Waals surface area contributed by atoms with Crippen LogP contribution in [0.4, 0.5) is 0 Å². The lowest BCUT2D eigenvalue weighted by molar-refractivity contribution is 0.109. The van der Waals surface area contributed by atoms with Crippen LogP contribution < -0.4 is 0 Å². The van der Waals surface area contributed by atoms with Crippen molar-refractivity contribution < 1.29 is 9.59 Å². The third-order valence-corrected chi connectivity index (χ3v) is 8.59. The third kappa shape index (κ3) is 31.1. The predicted molar refractivity (Wildman–Crippen MR) is 233 cm³/mol. The molecule has 0 fully saturated rings. The SMILES string of the molecule is CC.CC.CCCC(C)(C)CC.CCCCC.CCCCSCc1ccccc1.O=Cc1ccccc1C=O.c1ccc(-c2ccccc2)cc1. The molecule has 0 heterocycles. The molecule has 0 aliphatic heterocycles. The Hall–Kier alpha value is -3.43. The molecular formula is C48H74O2S. The van der Waals surface area contributed by atoms with Gasteiger partial charge in [-0.25, -0.2) is 0 Å². The van der Waals surface area contributed by atoms with Gasteiger partial charge in [0.2, 0.25) is 0 Å². The first-order valence-electron chi connectivity index (χ1n) is 19.5. The van der Waals surface area contributed by atoms with Gasteiger partial charge in [0.15, 0.2) is 12.6 Å². The molecule has 51 heavy (non-hydrogen) atoms. The molecule has 0 atom stereocenters. The van der Waals surface area contributed by atoms with Crippen LogP contribution in [-0.2, 0) is 5.75 Å². The van der Waals surface area contributed by atoms with E-state index in [9.17, 15) is 9.59 Å². The summed E-state index contributed by atoms with van der Waals surface area (Å²) in [7, 11) is 0. The van der Waals surface area contributed by atoms with Crippen LogP contribution in [0.3, 0.4) is 0 Å². The van der Waals surface area contributed by atoms with Crippen molar-refractivity contribution in [1.82, 2.24) is 0 Å². The van der Waals surface area contributed by atoms with Crippen molar-refractivity contribution in [2.45, 2.75) is 133 Å². The Bertz CT molecular complexity index is 1190. The van der Waals surface area contributed by atoms with Gasteiger partial charge in [-0.15, -0.1) is 0 Å². The fraction of sp³-hybridized carbons (Fsp3) is 0.458. The van der Waals surface area contributed by atoms with E-state index in [1.54, 1.807) is 24.3 Å². The fourth-order valence-corrected chi connectivity index (χ4v) is 5.27. The summed E-state index contributed by atoms with van der Waals surface area (Å²) >= 11 is 2.03. The highest BCUT2D eigenvalue weighted by Gasteiger charge is 2.11. The Morgan fingerprint density at radius 2 is 0.882 bits per heavy atom. The number of carbonyl (C=O) groups excluding carboxylic acids is 2. The molecule has 0 unspecified atom stereocenters. The van der Waals surface area contributed by atoms with Crippen LogP contribution in [0.1, 0.15) is 154 Å². The zero-order valence-corrected chi connectivity index (χ0v) is 35.2. The summed E-state index contributed by atoms with van der Waals surface area (Å²) in [6, 6.07) is 38.1. The molecule has 0 radical (unpaired) electrons. The molecule has 3 heteroatoms. The molecule has 4 aromatic rings. The summed E-state index contributed by atoms with van der Waals surface area (Å²) in [6.45, 7) is 23.8. The number of thioether (sulfide) groups is 1. The Labute approximate surface area is 320 Å². The van der Waals surface area contributed by atoms with Crippen LogP contribution in [0.15, 0.2) is 115 Å². The number of rotatable bonds is 13. The molecule has 0 aromatic heterocycles. The lowest BCUT2D eigenvalue weighted by Gasteiger charge is -2.20. The van der Waals surface area contributed by atoms with Crippen molar-refractivity contribution in [2.75, 3.05) is 5.75 Å². The summed E-state index contributed by atoms with van der Waals surface area (Å²) in [5, 5.41) is 0. The maximum Gasteiger partial charge on any atom is 0.150 e. The molecular weight excluding hydrogens is 641 g/mol. The quantitative estimate of drug-likeness (QED) is 0.102. The second-order valence-electron chi connectivity index (χ2n) is 12.1. The van der Waals surface area contributed by atoms with Crippen LogP contribution >= 0.6 is 11.8 Å². The van der Waals surface area contributed by atoms with Gasteiger partial charge in [-0.05, 0) is 40.7 Å². The van der Waals surface area contributed by atoms with E-state index < -0.39 is 0 Å². The van der Waals surface area contributed by atoms with E-state index in [0.29, 0.717) is 29.1 Å². The smallest absolute Gasteiger partial charge is 0.150 e. The third-order valence-electron chi connectivity index (χ3n) is 7.48. The number of aldehydes is 2. The van der Waals surface area contributed by atoms with Gasteiger partial charge in [0, 0.05) is 16.9 Å². The monoisotopic (exact) mass is 715 g/mol. The van der Waals surface area contributed by atoms with Crippen molar-refractivity contribution in [2.24, 2.45) is 5.41 Å². The van der Waals surface area contributed by atoms with E-state index in [4.69, 9.17) is 0 Å². The highest BCUT2D eigenvalue weighted by atomic mass is 32.2. The van der Waals surface area contributed by atoms with E-state index in [0.717, 1.165) is 0 Å². The van der Waals surface area contributed by atoms with E-state index in [1.165, 1.54) is 79.6 Å². The van der Waals surface area contributed by atoms with Crippen LogP contribution in [0, 0.1) is 5.41 Å². The first kappa shape index (κ1) is 51.9. The van der Waals surface area contributed by atoms with Crippen LogP contribution in [0.5, 0.6) is 0 Å². The van der Waals surface area contributed by atoms with Crippen LogP contribution in [0.2, 0.25) is 0 Å². The normalized spacial score (nSPS) is 9.31. The number of unbranched alkanes of at least 4 members (excludes halogenated alkanes) is 3. The summed E-state index contributed by atoms with van der Waals surface area (Å²) in [6.07, 6.45) is 12.1. The molecule has 0 N–H and O–H groups in total. The summed E-state index contributed by atoms with van der Waals surface area (Å²) < 4.78 is 0. The maximum absolute atomic E-state index is 10.2. The predicted octanol–water partition coefficient (Wildman–Crippen LogP) is 15.9. The van der Waals surface area contributed by atoms with Crippen LogP contribution in [0.25, 0.3) is 11.1 Å². The standard InChI is InChI=1S/C12H10.C11H16S.C8H6O2.C8H18.C5H12.2C2H6/c1-3-7-11(8-4-1)12-9-5-2-6-10-12;1-2-3-9-12-10-11-7-5-4-6-8-11;9-5-7-3-1-2-4-8(7)6-10;1-5-7-8(3,4)6-2;1-3-5-4-2;2*1-2/h1-10H;4-8H,2-3,9-10H2,1H3;1-6H;5-7H2,1-4H3;3-5H2,1-2H3;2*1-2H3. The fourth-order valence-electron chi connectivity index (χ4n) is 4.20. The molecule has 0 bridgehead atoms. The topological polar surface area (TPSA) is 34.1 Å². The molecule has 0 spiro atoms. The Morgan fingerprint density at radius 1 is 0.510 bits per heavy atom. The molecule has 0 saturated carbocycles. The van der Waals surface area contributed by atoms with Crippen molar-refractivity contribution in [3.8, 4) is 11.1 Å². The molecule has 0 saturated heterocycles. The van der Waals surface area contributed by atoms with Gasteiger partial charge >= 0.3 is 0 Å². The highest BCUT2D eigenvalue weighted by Crippen LogP contribution is 2.25. The van der Waals surface area contributed by atoms with Crippen LogP contribution in [-0.4, -0.2) is 18.3 Å². The highest BCUT2D eigenvalue weighted by molar-refractivity contribution is 7.98. The van der Waals surface area contributed by atoms with Gasteiger partial charge in [-0.3, -0.25) is 9.59 Å². The van der Waals surface area contributed by atoms with E-state index in [-0.39, 0.29) is 0 Å². The zero-order valence-electron chi connectivity index (χ0n) is 34.4. The van der Waals surface area contributed by atoms with Gasteiger partial charge in [0.1, 0.15) is 0 Å². The molecule has 4 aromatic carbocycles. The summed E-state index contributed by atoms with van der Waals surface area (Å²) in [5.41, 5.74) is 5.47. The minimum absolute atomic E-state index is 0.442. The molecule has 4 rings (SSSR count). The molecule has 2 nitrogen and oxygen atoms in total. The van der Waals surface area contributed by atoms with E-state index in [2.05, 4.69) is 127 Å². The largest absolute Gasteiger partial charge is 0.298 e. The average Bonchev–Trinajstić information content (AvgIpc) is 3.20. The average molecular weight is 715 g/mol. The molecule has 0 aliphatic rings. The Morgan fingerprint density at radius 3 is 1.18 bits per heavy atom. The second kappa shape index (κ2) is 39.4. The summed E-state index contributed by atoms with van der Waals surface area (Å²) in [5.74, 6) is 2.46. The second-order valence-corrected chi connectivity index (χ2v) is 13.2. The minimum atomic E-state index is 0.442. The molecule has 284 valence electrons. The zero-order chi connectivity index (χ0) is 39.0. The van der Waals surface area contributed by atoms with Gasteiger partial charge in [0.05, 0.1) is 0 Å². The lowest BCUT2D eigenvalue weighted by atomic mass is 9.86.